The Kier molecular flexibility index (Phi) is 2.64. The minimum absolute atomic E-state index is 0.1000. The van der Waals surface area contributed by atoms with Gasteiger partial charge in [-0.3, -0.25) is 0 Å². The van der Waals surface area contributed by atoms with Crippen molar-refractivity contribution in [2.45, 2.75) is 0 Å². The molecule has 0 spiro atoms. The van der Waals surface area contributed by atoms with E-state index in [9.17, 15) is 4.79 Å². The molecule has 1 aromatic heterocycles. The first-order valence-corrected chi connectivity index (χ1v) is 5.69. The molecular formula is C14H10N2O3. The number of hydrogen-bond acceptors (Lipinski definition) is 3. The van der Waals surface area contributed by atoms with Gasteiger partial charge < -0.3 is 14.8 Å². The van der Waals surface area contributed by atoms with Crippen molar-refractivity contribution in [3.05, 3.63) is 54.1 Å². The molecule has 0 aliphatic rings. The number of imidazole rings is 1. The van der Waals surface area contributed by atoms with E-state index in [1.54, 1.807) is 18.2 Å². The van der Waals surface area contributed by atoms with Crippen LogP contribution >= 0.6 is 0 Å². The highest BCUT2D eigenvalue weighted by molar-refractivity contribution is 5.90. The van der Waals surface area contributed by atoms with E-state index < -0.39 is 5.97 Å². The van der Waals surface area contributed by atoms with Crippen molar-refractivity contribution >= 4 is 17.0 Å². The third kappa shape index (κ3) is 2.13. The molecular weight excluding hydrogens is 244 g/mol. The van der Waals surface area contributed by atoms with Gasteiger partial charge in [0.15, 0.2) is 0 Å². The van der Waals surface area contributed by atoms with E-state index in [-0.39, 0.29) is 17.3 Å². The first-order valence-electron chi connectivity index (χ1n) is 5.69. The Hall–Kier alpha value is -2.82. The lowest BCUT2D eigenvalue weighted by molar-refractivity contribution is 0.0694. The highest BCUT2D eigenvalue weighted by Crippen LogP contribution is 2.25. The van der Waals surface area contributed by atoms with Crippen LogP contribution in [-0.2, 0) is 0 Å². The maximum absolute atomic E-state index is 11.1. The lowest BCUT2D eigenvalue weighted by atomic mass is 10.2. The molecule has 5 nitrogen and oxygen atoms in total. The number of carboxylic acids is 1. The largest absolute Gasteiger partial charge is 0.478 e. The molecule has 3 aromatic rings. The van der Waals surface area contributed by atoms with Crippen molar-refractivity contribution in [2.75, 3.05) is 0 Å². The van der Waals surface area contributed by atoms with Gasteiger partial charge in [-0.1, -0.05) is 24.3 Å². The number of rotatable bonds is 3. The van der Waals surface area contributed by atoms with Crippen molar-refractivity contribution in [2.24, 2.45) is 0 Å². The Labute approximate surface area is 108 Å². The molecule has 2 N–H and O–H groups in total. The van der Waals surface area contributed by atoms with Gasteiger partial charge in [0.05, 0.1) is 11.0 Å². The zero-order chi connectivity index (χ0) is 13.2. The molecule has 1 heterocycles. The van der Waals surface area contributed by atoms with Crippen molar-refractivity contribution < 1.29 is 14.6 Å². The second kappa shape index (κ2) is 4.45. The summed E-state index contributed by atoms with van der Waals surface area (Å²) in [4.78, 5) is 18.3. The summed E-state index contributed by atoms with van der Waals surface area (Å²) in [5.41, 5.74) is 1.71. The van der Waals surface area contributed by atoms with Crippen LogP contribution in [0.15, 0.2) is 48.5 Å². The van der Waals surface area contributed by atoms with Gasteiger partial charge in [0.25, 0.3) is 6.01 Å². The lowest BCUT2D eigenvalue weighted by Gasteiger charge is -2.04. The van der Waals surface area contributed by atoms with E-state index in [2.05, 4.69) is 9.97 Å². The van der Waals surface area contributed by atoms with Crippen LogP contribution in [-0.4, -0.2) is 21.0 Å². The Bertz CT molecular complexity index is 716. The average Bonchev–Trinajstić information content (AvgIpc) is 2.81. The normalized spacial score (nSPS) is 10.5. The molecule has 94 valence electrons. The van der Waals surface area contributed by atoms with Gasteiger partial charge in [0.1, 0.15) is 11.3 Å². The predicted molar refractivity (Wildman–Crippen MR) is 69.6 cm³/mol. The number of fused-ring (bicyclic) bond motifs is 1. The Morgan fingerprint density at radius 1 is 1.11 bits per heavy atom. The molecule has 0 atom stereocenters. The standard InChI is InChI=1S/C14H10N2O3/c17-13(18)9-5-1-4-8-12(9)19-14-15-10-6-2-3-7-11(10)16-14/h1-8H,(H,15,16)(H,17,18). The van der Waals surface area contributed by atoms with Crippen molar-refractivity contribution in [1.29, 1.82) is 0 Å². The van der Waals surface area contributed by atoms with Gasteiger partial charge in [0, 0.05) is 0 Å². The first-order chi connectivity index (χ1) is 9.24. The number of hydrogen-bond donors (Lipinski definition) is 2. The molecule has 0 aliphatic heterocycles. The van der Waals surface area contributed by atoms with E-state index in [0.717, 1.165) is 11.0 Å². The summed E-state index contributed by atoms with van der Waals surface area (Å²) in [6, 6.07) is 14.2. The summed E-state index contributed by atoms with van der Waals surface area (Å²) in [7, 11) is 0. The van der Waals surface area contributed by atoms with Crippen molar-refractivity contribution in [3.8, 4) is 11.8 Å². The molecule has 2 aromatic carbocycles. The fourth-order valence-electron chi connectivity index (χ4n) is 1.81. The number of para-hydroxylation sites is 3. The number of ether oxygens (including phenoxy) is 1. The molecule has 0 unspecified atom stereocenters. The second-order valence-electron chi connectivity index (χ2n) is 3.96. The number of carboxylic acid groups (broad SMARTS) is 1. The molecule has 0 bridgehead atoms. The third-order valence-electron chi connectivity index (χ3n) is 2.69. The summed E-state index contributed by atoms with van der Waals surface area (Å²) in [5, 5.41) is 9.07. The molecule has 3 rings (SSSR count). The smallest absolute Gasteiger partial charge is 0.339 e. The summed E-state index contributed by atoms with van der Waals surface area (Å²) in [6.07, 6.45) is 0. The number of aromatic amines is 1. The average molecular weight is 254 g/mol. The molecule has 0 saturated carbocycles. The molecule has 0 radical (unpaired) electrons. The zero-order valence-electron chi connectivity index (χ0n) is 9.83. The van der Waals surface area contributed by atoms with Crippen LogP contribution in [0, 0.1) is 0 Å². The van der Waals surface area contributed by atoms with Gasteiger partial charge >= 0.3 is 5.97 Å². The van der Waals surface area contributed by atoms with Crippen LogP contribution in [0.2, 0.25) is 0 Å². The van der Waals surface area contributed by atoms with E-state index in [1.165, 1.54) is 6.07 Å². The van der Waals surface area contributed by atoms with Gasteiger partial charge in [-0.15, -0.1) is 0 Å². The van der Waals surface area contributed by atoms with Crippen LogP contribution in [0.4, 0.5) is 0 Å². The van der Waals surface area contributed by atoms with E-state index in [0.29, 0.717) is 0 Å². The summed E-state index contributed by atoms with van der Waals surface area (Å²) >= 11 is 0. The fourth-order valence-corrected chi connectivity index (χ4v) is 1.81. The monoisotopic (exact) mass is 254 g/mol. The fraction of sp³-hybridized carbons (Fsp3) is 0. The highest BCUT2D eigenvalue weighted by Gasteiger charge is 2.12. The minimum Gasteiger partial charge on any atom is -0.478 e. The van der Waals surface area contributed by atoms with Crippen LogP contribution in [0.5, 0.6) is 11.8 Å². The number of aromatic carboxylic acids is 1. The molecule has 0 amide bonds. The van der Waals surface area contributed by atoms with Crippen molar-refractivity contribution in [1.82, 2.24) is 9.97 Å². The Balaban J connectivity index is 1.99. The summed E-state index contributed by atoms with van der Waals surface area (Å²) in [5.74, 6) is -0.777. The number of benzene rings is 2. The zero-order valence-corrected chi connectivity index (χ0v) is 9.83. The van der Waals surface area contributed by atoms with Crippen LogP contribution in [0.1, 0.15) is 10.4 Å². The predicted octanol–water partition coefficient (Wildman–Crippen LogP) is 3.05. The van der Waals surface area contributed by atoms with Gasteiger partial charge in [0.2, 0.25) is 0 Å². The van der Waals surface area contributed by atoms with Gasteiger partial charge in [-0.25, -0.2) is 4.79 Å². The molecule has 0 aliphatic carbocycles. The lowest BCUT2D eigenvalue weighted by Crippen LogP contribution is -1.99. The molecule has 0 saturated heterocycles. The number of aromatic nitrogens is 2. The van der Waals surface area contributed by atoms with Gasteiger partial charge in [-0.2, -0.15) is 4.98 Å². The van der Waals surface area contributed by atoms with Crippen LogP contribution in [0.3, 0.4) is 0 Å². The van der Waals surface area contributed by atoms with Crippen LogP contribution < -0.4 is 4.74 Å². The van der Waals surface area contributed by atoms with Crippen LogP contribution in [0.25, 0.3) is 11.0 Å². The Morgan fingerprint density at radius 2 is 1.84 bits per heavy atom. The minimum atomic E-state index is -1.04. The maximum Gasteiger partial charge on any atom is 0.339 e. The quantitative estimate of drug-likeness (QED) is 0.753. The number of nitrogens with one attached hydrogen (secondary N) is 1. The summed E-state index contributed by atoms with van der Waals surface area (Å²) in [6.45, 7) is 0. The highest BCUT2D eigenvalue weighted by atomic mass is 16.5. The summed E-state index contributed by atoms with van der Waals surface area (Å²) < 4.78 is 5.51. The maximum atomic E-state index is 11.1. The first kappa shape index (κ1) is 11.3. The number of H-pyrrole nitrogens is 1. The van der Waals surface area contributed by atoms with E-state index in [4.69, 9.17) is 9.84 Å². The van der Waals surface area contributed by atoms with Crippen molar-refractivity contribution in [3.63, 3.8) is 0 Å². The second-order valence-corrected chi connectivity index (χ2v) is 3.96. The van der Waals surface area contributed by atoms with E-state index >= 15 is 0 Å². The van der Waals surface area contributed by atoms with E-state index in [1.807, 2.05) is 24.3 Å². The SMILES string of the molecule is O=C(O)c1ccccc1Oc1nc2ccccc2[nH]1. The molecule has 19 heavy (non-hydrogen) atoms. The van der Waals surface area contributed by atoms with Gasteiger partial charge in [-0.05, 0) is 24.3 Å². The molecule has 5 heteroatoms. The topological polar surface area (TPSA) is 75.2 Å². The Morgan fingerprint density at radius 3 is 2.63 bits per heavy atom. The number of nitrogens with zero attached hydrogens (tertiary/aromatic N) is 1. The molecule has 0 fully saturated rings. The third-order valence-corrected chi connectivity index (χ3v) is 2.69. The number of carbonyl (C=O) groups is 1.